The zero-order valence-electron chi connectivity index (χ0n) is 26.2. The average Bonchev–Trinajstić information content (AvgIpc) is 3.07. The smallest absolute Gasteiger partial charge is 0.506 e. The van der Waals surface area contributed by atoms with E-state index in [9.17, 15) is 43.5 Å². The second-order valence-corrected chi connectivity index (χ2v) is 12.8. The van der Waals surface area contributed by atoms with E-state index in [0.29, 0.717) is 25.8 Å². The molecular weight excluding hydrogens is 812 g/mol. The van der Waals surface area contributed by atoms with Crippen LogP contribution in [-0.4, -0.2) is 38.3 Å². The maximum atomic E-state index is 11.6. The van der Waals surface area contributed by atoms with Crippen molar-refractivity contribution in [1.82, 2.24) is 0 Å². The SMILES string of the molecule is O=[N+]([O-])c1ccc(N=Nc2cc(S(=O)(=O)O)c3ccccc3c2O)c(O)c1.Oc1ccc(Cl)cc1N=Nc1ccc2c(Cl)ccc(Cl)c2c1O.[Cr].[Na+]. The number of phenolic OH excluding ortho intramolecular Hbond substituents is 4. The Kier molecular flexibility index (Phi) is 14.4. The second kappa shape index (κ2) is 17.6. The van der Waals surface area contributed by atoms with Crippen molar-refractivity contribution in [3.05, 3.63) is 116 Å². The fourth-order valence-corrected chi connectivity index (χ4v) is 5.88. The van der Waals surface area contributed by atoms with Crippen LogP contribution in [0.25, 0.3) is 21.5 Å². The monoisotopic (exact) mass is 830 g/mol. The Morgan fingerprint density at radius 3 is 1.87 bits per heavy atom. The van der Waals surface area contributed by atoms with Crippen LogP contribution < -0.4 is 29.6 Å². The summed E-state index contributed by atoms with van der Waals surface area (Å²) in [5.41, 5.74) is -0.385. The van der Waals surface area contributed by atoms with E-state index in [-0.39, 0.29) is 103 Å². The minimum Gasteiger partial charge on any atom is -0.506 e. The van der Waals surface area contributed by atoms with Gasteiger partial charge in [-0.2, -0.15) is 8.42 Å². The molecule has 0 saturated carbocycles. The van der Waals surface area contributed by atoms with E-state index in [4.69, 9.17) is 34.8 Å². The summed E-state index contributed by atoms with van der Waals surface area (Å²) in [5, 5.41) is 68.6. The molecule has 0 aliphatic carbocycles. The van der Waals surface area contributed by atoms with Crippen molar-refractivity contribution in [3.8, 4) is 23.0 Å². The Labute approximate surface area is 342 Å². The molecule has 0 amide bonds. The fourth-order valence-electron chi connectivity index (χ4n) is 4.53. The van der Waals surface area contributed by atoms with Gasteiger partial charge in [0.15, 0.2) is 11.5 Å². The maximum Gasteiger partial charge on any atom is 1.00 e. The number of phenols is 4. The van der Waals surface area contributed by atoms with Gasteiger partial charge in [-0.25, -0.2) is 0 Å². The van der Waals surface area contributed by atoms with E-state index < -0.39 is 25.7 Å². The molecule has 0 bridgehead atoms. The summed E-state index contributed by atoms with van der Waals surface area (Å²) >= 11 is 18.1. The first-order chi connectivity index (χ1) is 23.6. The predicted octanol–water partition coefficient (Wildman–Crippen LogP) is 7.45. The van der Waals surface area contributed by atoms with Crippen LogP contribution in [0.5, 0.6) is 23.0 Å². The Morgan fingerprint density at radius 1 is 0.615 bits per heavy atom. The molecule has 0 aliphatic rings. The van der Waals surface area contributed by atoms with Crippen LogP contribution in [0.15, 0.2) is 116 Å². The molecule has 0 radical (unpaired) electrons. The number of hydrogen-bond acceptors (Lipinski definition) is 12. The zero-order valence-corrected chi connectivity index (χ0v) is 32.6. The summed E-state index contributed by atoms with van der Waals surface area (Å²) in [6, 6.07) is 20.9. The van der Waals surface area contributed by atoms with Crippen molar-refractivity contribution in [1.29, 1.82) is 0 Å². The quantitative estimate of drug-likeness (QED) is 0.0369. The van der Waals surface area contributed by atoms with Crippen LogP contribution in [0, 0.1) is 10.1 Å². The number of nitro benzene ring substituents is 1. The number of nitro groups is 1. The molecule has 6 aromatic carbocycles. The molecule has 0 saturated heterocycles. The first-order valence-corrected chi connectivity index (χ1v) is 16.3. The molecular formula is C32H20Cl3CrN5NaO9S+. The van der Waals surface area contributed by atoms with Crippen LogP contribution >= 0.6 is 34.8 Å². The van der Waals surface area contributed by atoms with Gasteiger partial charge in [0.2, 0.25) is 0 Å². The summed E-state index contributed by atoms with van der Waals surface area (Å²) in [7, 11) is -4.61. The Hall–Kier alpha value is -4.05. The minimum absolute atomic E-state index is 0. The molecule has 0 spiro atoms. The fraction of sp³-hybridized carbons (Fsp3) is 0. The van der Waals surface area contributed by atoms with Gasteiger partial charge in [0, 0.05) is 55.0 Å². The van der Waals surface area contributed by atoms with Gasteiger partial charge in [0.25, 0.3) is 15.8 Å². The van der Waals surface area contributed by atoms with E-state index in [0.717, 1.165) is 24.3 Å². The van der Waals surface area contributed by atoms with E-state index >= 15 is 0 Å². The largest absolute Gasteiger partial charge is 1.00 e. The van der Waals surface area contributed by atoms with Crippen molar-refractivity contribution in [2.45, 2.75) is 4.90 Å². The molecule has 14 nitrogen and oxygen atoms in total. The molecule has 0 heterocycles. The van der Waals surface area contributed by atoms with Crippen molar-refractivity contribution in [3.63, 3.8) is 0 Å². The molecule has 52 heavy (non-hydrogen) atoms. The van der Waals surface area contributed by atoms with Crippen LogP contribution in [0.2, 0.25) is 15.1 Å². The normalized spacial score (nSPS) is 11.2. The number of benzene rings is 6. The van der Waals surface area contributed by atoms with Crippen LogP contribution in [0.3, 0.4) is 0 Å². The van der Waals surface area contributed by atoms with Crippen LogP contribution in [0.1, 0.15) is 0 Å². The summed E-state index contributed by atoms with van der Waals surface area (Å²) in [6.07, 6.45) is 0. The Balaban J connectivity index is 0.000000273. The molecule has 0 fully saturated rings. The van der Waals surface area contributed by atoms with Gasteiger partial charge in [0.1, 0.15) is 39.1 Å². The van der Waals surface area contributed by atoms with Gasteiger partial charge in [0.05, 0.1) is 16.0 Å². The molecule has 6 aromatic rings. The Bertz CT molecular complexity index is 2510. The van der Waals surface area contributed by atoms with E-state index in [2.05, 4.69) is 20.5 Å². The van der Waals surface area contributed by atoms with Gasteiger partial charge in [-0.1, -0.05) is 65.1 Å². The van der Waals surface area contributed by atoms with Gasteiger partial charge in [-0.15, -0.1) is 20.5 Å². The predicted molar refractivity (Wildman–Crippen MR) is 187 cm³/mol. The number of rotatable bonds is 6. The number of fused-ring (bicyclic) bond motifs is 2. The van der Waals surface area contributed by atoms with Gasteiger partial charge in [-0.3, -0.25) is 14.7 Å². The molecule has 0 aromatic heterocycles. The molecule has 5 N–H and O–H groups in total. The zero-order chi connectivity index (χ0) is 36.3. The van der Waals surface area contributed by atoms with Gasteiger partial charge < -0.3 is 20.4 Å². The molecule has 6 rings (SSSR count). The molecule has 0 unspecified atom stereocenters. The standard InChI is InChI=1S/C16H9Cl3N2O2.C16H11N3O7S.Cr.Na/c17-8-1-6-14(22)13(7-8)21-20-12-5-2-9-10(18)3-4-11(19)15(9)16(12)23;20-14-7-9(19(22)23)5-6-12(14)17-18-13-8-15(27(24,25)26)10-3-1-2-4-11(10)16(13)21;;/h1-7,22-23H;1-8,20-21H,(H,24,25,26);;/q;;;+1. The summed E-state index contributed by atoms with van der Waals surface area (Å²) < 4.78 is 32.7. The topological polar surface area (TPSA) is 228 Å². The number of hydrogen-bond donors (Lipinski definition) is 5. The molecule has 260 valence electrons. The third-order valence-electron chi connectivity index (χ3n) is 6.90. The van der Waals surface area contributed by atoms with Gasteiger partial charge in [-0.05, 0) is 48.5 Å². The number of non-ortho nitro benzene ring substituents is 1. The Morgan fingerprint density at radius 2 is 1.21 bits per heavy atom. The van der Waals surface area contributed by atoms with E-state index in [1.165, 1.54) is 36.4 Å². The van der Waals surface area contributed by atoms with E-state index in [1.807, 2.05) is 0 Å². The summed E-state index contributed by atoms with van der Waals surface area (Å²) in [5.74, 6) is -1.12. The van der Waals surface area contributed by atoms with Crippen molar-refractivity contribution in [2.24, 2.45) is 20.5 Å². The van der Waals surface area contributed by atoms with Crippen LogP contribution in [0.4, 0.5) is 28.4 Å². The first kappa shape index (κ1) is 42.4. The third kappa shape index (κ3) is 9.48. The summed E-state index contributed by atoms with van der Waals surface area (Å²) in [4.78, 5) is 9.50. The number of azo groups is 2. The average molecular weight is 832 g/mol. The second-order valence-electron chi connectivity index (χ2n) is 10.1. The minimum atomic E-state index is -4.61. The van der Waals surface area contributed by atoms with Gasteiger partial charge >= 0.3 is 29.6 Å². The first-order valence-electron chi connectivity index (χ1n) is 13.8. The van der Waals surface area contributed by atoms with E-state index in [1.54, 1.807) is 30.3 Å². The van der Waals surface area contributed by atoms with Crippen molar-refractivity contribution >= 4 is 94.9 Å². The number of halogens is 3. The number of aromatic hydroxyl groups is 4. The third-order valence-corrected chi connectivity index (χ3v) is 8.68. The number of nitrogens with zero attached hydrogens (tertiary/aromatic N) is 5. The maximum absolute atomic E-state index is 11.6. The van der Waals surface area contributed by atoms with Crippen molar-refractivity contribution < 1.29 is 85.2 Å². The summed E-state index contributed by atoms with van der Waals surface area (Å²) in [6.45, 7) is 0. The molecule has 0 aliphatic heterocycles. The molecule has 0 atom stereocenters. The molecule has 20 heteroatoms. The van der Waals surface area contributed by atoms with Crippen LogP contribution in [-0.2, 0) is 27.5 Å². The van der Waals surface area contributed by atoms with Crippen molar-refractivity contribution in [2.75, 3.05) is 0 Å².